The van der Waals surface area contributed by atoms with Crippen LogP contribution in [0.3, 0.4) is 0 Å². The zero-order valence-electron chi connectivity index (χ0n) is 15.3. The second-order valence-electron chi connectivity index (χ2n) is 6.17. The van der Waals surface area contributed by atoms with Gasteiger partial charge in [-0.2, -0.15) is 13.2 Å². The highest BCUT2D eigenvalue weighted by Crippen LogP contribution is 2.32. The topological polar surface area (TPSA) is 81.1 Å². The highest BCUT2D eigenvalue weighted by Gasteiger charge is 2.32. The highest BCUT2D eigenvalue weighted by atomic mass is 35.5. The third-order valence-corrected chi connectivity index (χ3v) is 5.27. The number of nitrogens with one attached hydrogen (secondary N) is 1. The van der Waals surface area contributed by atoms with Gasteiger partial charge < -0.3 is 9.88 Å². The van der Waals surface area contributed by atoms with Crippen molar-refractivity contribution in [1.29, 1.82) is 0 Å². The van der Waals surface area contributed by atoms with Gasteiger partial charge in [0.05, 0.1) is 16.1 Å². The monoisotopic (exact) mass is 455 g/mol. The summed E-state index contributed by atoms with van der Waals surface area (Å²) in [7, 11) is 0. The van der Waals surface area contributed by atoms with Crippen LogP contribution in [0.4, 0.5) is 18.3 Å². The minimum Gasteiger partial charge on any atom is -0.304 e. The van der Waals surface area contributed by atoms with E-state index in [1.807, 2.05) is 0 Å². The number of pyridine rings is 1. The molecule has 0 saturated heterocycles. The number of hydrogen-bond donors (Lipinski definition) is 1. The van der Waals surface area contributed by atoms with Crippen LogP contribution in [0.2, 0.25) is 5.02 Å². The van der Waals surface area contributed by atoms with E-state index < -0.39 is 34.8 Å². The second kappa shape index (κ2) is 8.41. The summed E-state index contributed by atoms with van der Waals surface area (Å²) in [6.07, 6.45) is -4.21. The number of halogens is 4. The van der Waals surface area contributed by atoms with Crippen LogP contribution < -0.4 is 10.9 Å². The normalized spacial score (nSPS) is 11.4. The fraction of sp³-hybridized carbons (Fsp3) is 0.158. The number of anilines is 1. The van der Waals surface area contributed by atoms with Crippen LogP contribution in [0.5, 0.6) is 0 Å². The molecule has 1 amide bonds. The number of ketones is 1. The van der Waals surface area contributed by atoms with Crippen LogP contribution in [0.1, 0.15) is 22.2 Å². The van der Waals surface area contributed by atoms with Crippen molar-refractivity contribution in [3.05, 3.63) is 68.4 Å². The van der Waals surface area contributed by atoms with Gasteiger partial charge >= 0.3 is 6.18 Å². The van der Waals surface area contributed by atoms with Crippen LogP contribution in [0, 0.1) is 0 Å². The molecule has 11 heteroatoms. The predicted octanol–water partition coefficient (Wildman–Crippen LogP) is 4.49. The van der Waals surface area contributed by atoms with E-state index in [1.54, 1.807) is 30.3 Å². The standard InChI is InChI=1S/C19H13ClF3N3O3S/c1-10(27)16-15(11-5-3-2-4-6-11)25-18(30-16)24-14(28)9-26-8-12(19(21,22)23)7-13(20)17(26)29/h2-8H,9H2,1H3,(H,24,25,28). The molecule has 1 aromatic carbocycles. The van der Waals surface area contributed by atoms with Crippen molar-refractivity contribution in [3.8, 4) is 11.3 Å². The minimum atomic E-state index is -4.73. The smallest absolute Gasteiger partial charge is 0.304 e. The summed E-state index contributed by atoms with van der Waals surface area (Å²) in [4.78, 5) is 40.8. The maximum atomic E-state index is 12.9. The lowest BCUT2D eigenvalue weighted by Crippen LogP contribution is -2.29. The average Bonchev–Trinajstić information content (AvgIpc) is 3.09. The fourth-order valence-electron chi connectivity index (χ4n) is 2.59. The van der Waals surface area contributed by atoms with E-state index >= 15 is 0 Å². The van der Waals surface area contributed by atoms with Crippen molar-refractivity contribution >= 4 is 39.8 Å². The Hall–Kier alpha value is -2.98. The molecular formula is C19H13ClF3N3O3S. The van der Waals surface area contributed by atoms with E-state index in [-0.39, 0.29) is 10.9 Å². The molecule has 2 aromatic heterocycles. The van der Waals surface area contributed by atoms with Gasteiger partial charge in [-0.25, -0.2) is 4.98 Å². The van der Waals surface area contributed by atoms with Gasteiger partial charge in [-0.1, -0.05) is 53.3 Å². The first-order valence-corrected chi connectivity index (χ1v) is 9.60. The molecule has 3 rings (SSSR count). The van der Waals surface area contributed by atoms with Crippen LogP contribution in [0.25, 0.3) is 11.3 Å². The van der Waals surface area contributed by atoms with E-state index in [2.05, 4.69) is 10.3 Å². The molecule has 1 N–H and O–H groups in total. The first-order valence-electron chi connectivity index (χ1n) is 8.40. The van der Waals surface area contributed by atoms with Crippen molar-refractivity contribution in [1.82, 2.24) is 9.55 Å². The lowest BCUT2D eigenvalue weighted by atomic mass is 10.1. The SMILES string of the molecule is CC(=O)c1sc(NC(=O)Cn2cc(C(F)(F)F)cc(Cl)c2=O)nc1-c1ccccc1. The molecule has 0 aliphatic carbocycles. The van der Waals surface area contributed by atoms with E-state index in [0.29, 0.717) is 33.0 Å². The molecule has 0 aliphatic rings. The molecule has 0 spiro atoms. The predicted molar refractivity (Wildman–Crippen MR) is 107 cm³/mol. The molecule has 0 atom stereocenters. The third-order valence-electron chi connectivity index (χ3n) is 3.92. The van der Waals surface area contributed by atoms with Gasteiger partial charge in [0.2, 0.25) is 5.91 Å². The Morgan fingerprint density at radius 3 is 2.50 bits per heavy atom. The molecule has 2 heterocycles. The van der Waals surface area contributed by atoms with Crippen molar-refractivity contribution in [2.45, 2.75) is 19.6 Å². The summed E-state index contributed by atoms with van der Waals surface area (Å²) >= 11 is 6.51. The maximum Gasteiger partial charge on any atom is 0.417 e. The Labute approximate surface area is 176 Å². The molecular weight excluding hydrogens is 443 g/mol. The lowest BCUT2D eigenvalue weighted by Gasteiger charge is -2.11. The van der Waals surface area contributed by atoms with Gasteiger partial charge in [-0.15, -0.1) is 0 Å². The molecule has 30 heavy (non-hydrogen) atoms. The van der Waals surface area contributed by atoms with Crippen LogP contribution in [0.15, 0.2) is 47.4 Å². The van der Waals surface area contributed by atoms with E-state index in [0.717, 1.165) is 11.3 Å². The summed E-state index contributed by atoms with van der Waals surface area (Å²) in [6, 6.07) is 9.32. The molecule has 0 unspecified atom stereocenters. The summed E-state index contributed by atoms with van der Waals surface area (Å²) in [5.74, 6) is -1.05. The number of amides is 1. The van der Waals surface area contributed by atoms with Crippen molar-refractivity contribution in [2.24, 2.45) is 0 Å². The van der Waals surface area contributed by atoms with Crippen LogP contribution >= 0.6 is 22.9 Å². The Balaban J connectivity index is 1.87. The largest absolute Gasteiger partial charge is 0.417 e. The first kappa shape index (κ1) is 21.7. The number of aromatic nitrogens is 2. The van der Waals surface area contributed by atoms with Crippen molar-refractivity contribution in [3.63, 3.8) is 0 Å². The van der Waals surface area contributed by atoms with Crippen molar-refractivity contribution < 1.29 is 22.8 Å². The fourth-order valence-corrected chi connectivity index (χ4v) is 3.71. The summed E-state index contributed by atoms with van der Waals surface area (Å²) in [5.41, 5.74) is -1.05. The second-order valence-corrected chi connectivity index (χ2v) is 7.58. The van der Waals surface area contributed by atoms with Gasteiger partial charge in [0.1, 0.15) is 11.6 Å². The molecule has 0 aliphatic heterocycles. The number of thiazole rings is 1. The molecule has 0 saturated carbocycles. The molecule has 0 radical (unpaired) electrons. The number of nitrogens with zero attached hydrogens (tertiary/aromatic N) is 2. The number of alkyl halides is 3. The lowest BCUT2D eigenvalue weighted by molar-refractivity contribution is -0.138. The van der Waals surface area contributed by atoms with E-state index in [9.17, 15) is 27.6 Å². The number of benzene rings is 1. The molecule has 0 fully saturated rings. The Bertz CT molecular complexity index is 1170. The zero-order chi connectivity index (χ0) is 22.1. The summed E-state index contributed by atoms with van der Waals surface area (Å²) in [5, 5.41) is 1.84. The first-order chi connectivity index (χ1) is 14.1. The zero-order valence-corrected chi connectivity index (χ0v) is 16.9. The average molecular weight is 456 g/mol. The van der Waals surface area contributed by atoms with Gasteiger partial charge in [-0.05, 0) is 6.07 Å². The summed E-state index contributed by atoms with van der Waals surface area (Å²) < 4.78 is 39.4. The number of hydrogen-bond acceptors (Lipinski definition) is 5. The minimum absolute atomic E-state index is 0.0789. The van der Waals surface area contributed by atoms with Gasteiger partial charge in [-0.3, -0.25) is 14.4 Å². The molecule has 6 nitrogen and oxygen atoms in total. The molecule has 0 bridgehead atoms. The number of Topliss-reactive ketones (excluding diaryl/α,β-unsaturated/α-hetero) is 1. The number of carbonyl (C=O) groups is 2. The highest BCUT2D eigenvalue weighted by molar-refractivity contribution is 7.18. The van der Waals surface area contributed by atoms with Crippen molar-refractivity contribution in [2.75, 3.05) is 5.32 Å². The Morgan fingerprint density at radius 2 is 1.90 bits per heavy atom. The van der Waals surface area contributed by atoms with E-state index in [1.165, 1.54) is 6.92 Å². The summed E-state index contributed by atoms with van der Waals surface area (Å²) in [6.45, 7) is 0.647. The molecule has 3 aromatic rings. The Morgan fingerprint density at radius 1 is 1.23 bits per heavy atom. The number of carbonyl (C=O) groups excluding carboxylic acids is 2. The maximum absolute atomic E-state index is 12.9. The van der Waals surface area contributed by atoms with Crippen LogP contribution in [-0.4, -0.2) is 21.2 Å². The number of rotatable bonds is 5. The Kier molecular flexibility index (Phi) is 6.09. The van der Waals surface area contributed by atoms with Gasteiger partial charge in [0.15, 0.2) is 10.9 Å². The van der Waals surface area contributed by atoms with Crippen LogP contribution in [-0.2, 0) is 17.5 Å². The quantitative estimate of drug-likeness (QED) is 0.575. The third kappa shape index (κ3) is 4.77. The van der Waals surface area contributed by atoms with E-state index in [4.69, 9.17) is 11.6 Å². The molecule has 156 valence electrons. The van der Waals surface area contributed by atoms with Gasteiger partial charge in [0.25, 0.3) is 5.56 Å². The van der Waals surface area contributed by atoms with Gasteiger partial charge in [0, 0.05) is 18.7 Å².